The fraction of sp³-hybridized carbons (Fsp3) is 0.400. The number of quaternary nitrogens is 1. The van der Waals surface area contributed by atoms with Crippen molar-refractivity contribution in [3.8, 4) is 17.2 Å². The van der Waals surface area contributed by atoms with Gasteiger partial charge >= 0.3 is 0 Å². The molecule has 0 saturated carbocycles. The molecule has 1 heterocycles. The summed E-state index contributed by atoms with van der Waals surface area (Å²) in [6, 6.07) is 24.0. The SMILES string of the molecule is COc1ccc(C2(CO)C[N+](OC)(c3ccccc3OC)C(OC)CN2CCc2ccccc2)cc1OC. The minimum atomic E-state index is -0.833. The molecular weight excluding hydrogens is 484 g/mol. The molecule has 4 rings (SSSR count). The van der Waals surface area contributed by atoms with E-state index in [9.17, 15) is 5.11 Å². The Morgan fingerprint density at radius 2 is 1.53 bits per heavy atom. The van der Waals surface area contributed by atoms with Crippen LogP contribution in [0.25, 0.3) is 0 Å². The third-order valence-corrected chi connectivity index (χ3v) is 7.73. The van der Waals surface area contributed by atoms with Gasteiger partial charge in [-0.3, -0.25) is 4.90 Å². The largest absolute Gasteiger partial charge is 0.493 e. The monoisotopic (exact) mass is 523 g/mol. The molecule has 0 aromatic heterocycles. The highest BCUT2D eigenvalue weighted by atomic mass is 16.7. The second-order valence-corrected chi connectivity index (χ2v) is 9.44. The second-order valence-electron chi connectivity index (χ2n) is 9.44. The molecule has 3 atom stereocenters. The van der Waals surface area contributed by atoms with Gasteiger partial charge in [0.1, 0.15) is 12.1 Å². The van der Waals surface area contributed by atoms with Crippen molar-refractivity contribution in [2.45, 2.75) is 18.2 Å². The lowest BCUT2D eigenvalue weighted by Gasteiger charge is -2.55. The summed E-state index contributed by atoms with van der Waals surface area (Å²) in [5.41, 5.74) is 2.11. The second kappa shape index (κ2) is 12.1. The first-order valence-electron chi connectivity index (χ1n) is 12.7. The lowest BCUT2D eigenvalue weighted by Crippen LogP contribution is -2.74. The smallest absolute Gasteiger partial charge is 0.241 e. The van der Waals surface area contributed by atoms with E-state index in [1.165, 1.54) is 5.56 Å². The van der Waals surface area contributed by atoms with E-state index in [-0.39, 0.29) is 17.5 Å². The van der Waals surface area contributed by atoms with E-state index in [1.54, 1.807) is 35.5 Å². The van der Waals surface area contributed by atoms with E-state index in [4.69, 9.17) is 23.8 Å². The maximum absolute atomic E-state index is 11.3. The molecule has 8 nitrogen and oxygen atoms in total. The number of aliphatic hydroxyl groups is 1. The topological polar surface area (TPSA) is 69.6 Å². The quantitative estimate of drug-likeness (QED) is 0.381. The van der Waals surface area contributed by atoms with Gasteiger partial charge in [0.25, 0.3) is 0 Å². The number of aliphatic hydroxyl groups excluding tert-OH is 1. The zero-order valence-corrected chi connectivity index (χ0v) is 22.9. The van der Waals surface area contributed by atoms with Crippen molar-refractivity contribution in [1.29, 1.82) is 0 Å². The van der Waals surface area contributed by atoms with Gasteiger partial charge in [-0.25, -0.2) is 0 Å². The highest BCUT2D eigenvalue weighted by Crippen LogP contribution is 2.46. The minimum Gasteiger partial charge on any atom is -0.493 e. The molecule has 1 aliphatic heterocycles. The first kappa shape index (κ1) is 27.9. The number of hydroxylamine groups is 2. The number of hydrogen-bond acceptors (Lipinski definition) is 7. The number of ether oxygens (including phenoxy) is 4. The molecule has 0 amide bonds. The zero-order valence-electron chi connectivity index (χ0n) is 22.9. The van der Waals surface area contributed by atoms with E-state index in [0.717, 1.165) is 17.7 Å². The minimum absolute atomic E-state index is 0.0112. The molecule has 1 fully saturated rings. The standard InChI is InChI=1S/C30H39N2O6/c1-34-26-14-10-9-13-25(26)32(38-5)21-30(22-33,24-15-16-27(35-2)28(19-24)36-3)31(20-29(32)37-4)18-17-23-11-7-6-8-12-23/h6-16,19,29,33H,17-18,20-22H2,1-5H3/q+1. The van der Waals surface area contributed by atoms with Crippen LogP contribution in [0.15, 0.2) is 72.8 Å². The summed E-state index contributed by atoms with van der Waals surface area (Å²) in [6.45, 7) is 1.42. The predicted molar refractivity (Wildman–Crippen MR) is 147 cm³/mol. The van der Waals surface area contributed by atoms with E-state index in [1.807, 2.05) is 60.7 Å². The Morgan fingerprint density at radius 1 is 0.842 bits per heavy atom. The van der Waals surface area contributed by atoms with Crippen molar-refractivity contribution >= 4 is 5.69 Å². The van der Waals surface area contributed by atoms with Crippen LogP contribution in [-0.4, -0.2) is 78.0 Å². The van der Waals surface area contributed by atoms with E-state index in [2.05, 4.69) is 17.0 Å². The van der Waals surface area contributed by atoms with Gasteiger partial charge in [0.2, 0.25) is 11.9 Å². The molecule has 1 aliphatic rings. The van der Waals surface area contributed by atoms with Gasteiger partial charge < -0.3 is 24.1 Å². The van der Waals surface area contributed by atoms with Gasteiger partial charge in [0.15, 0.2) is 17.2 Å². The van der Waals surface area contributed by atoms with Crippen LogP contribution in [0.5, 0.6) is 17.2 Å². The fourth-order valence-electron chi connectivity index (χ4n) is 5.65. The summed E-state index contributed by atoms with van der Waals surface area (Å²) >= 11 is 0. The third kappa shape index (κ3) is 4.98. The van der Waals surface area contributed by atoms with Crippen LogP contribution in [-0.2, 0) is 21.5 Å². The lowest BCUT2D eigenvalue weighted by molar-refractivity contribution is -0.270. The van der Waals surface area contributed by atoms with Crippen LogP contribution in [0.3, 0.4) is 0 Å². The van der Waals surface area contributed by atoms with Crippen LogP contribution in [0.4, 0.5) is 5.69 Å². The molecular formula is C30H39N2O6+. The van der Waals surface area contributed by atoms with Gasteiger partial charge in [-0.05, 0) is 35.7 Å². The zero-order chi connectivity index (χ0) is 27.2. The molecule has 0 spiro atoms. The van der Waals surface area contributed by atoms with Crippen molar-refractivity contribution < 1.29 is 28.9 Å². The molecule has 3 aromatic carbocycles. The van der Waals surface area contributed by atoms with E-state index >= 15 is 0 Å². The maximum Gasteiger partial charge on any atom is 0.241 e. The number of methoxy groups -OCH3 is 4. The Bertz CT molecular complexity index is 1190. The molecule has 0 bridgehead atoms. The highest BCUT2D eigenvalue weighted by Gasteiger charge is 2.59. The van der Waals surface area contributed by atoms with E-state index < -0.39 is 5.54 Å². The molecule has 0 aliphatic carbocycles. The number of benzene rings is 3. The summed E-state index contributed by atoms with van der Waals surface area (Å²) < 4.78 is 23.0. The van der Waals surface area contributed by atoms with Crippen LogP contribution in [0, 0.1) is 0 Å². The third-order valence-electron chi connectivity index (χ3n) is 7.73. The number of para-hydroxylation sites is 2. The normalized spacial score (nSPS) is 23.7. The van der Waals surface area contributed by atoms with Crippen molar-refractivity contribution in [1.82, 2.24) is 9.55 Å². The molecule has 204 valence electrons. The molecule has 3 unspecified atom stereocenters. The van der Waals surface area contributed by atoms with Crippen LogP contribution < -0.4 is 18.9 Å². The van der Waals surface area contributed by atoms with Crippen LogP contribution in [0.2, 0.25) is 0 Å². The van der Waals surface area contributed by atoms with E-state index in [0.29, 0.717) is 36.9 Å². The Kier molecular flexibility index (Phi) is 8.91. The summed E-state index contributed by atoms with van der Waals surface area (Å²) in [7, 11) is 8.26. The first-order valence-corrected chi connectivity index (χ1v) is 12.7. The maximum atomic E-state index is 11.3. The lowest BCUT2D eigenvalue weighted by atomic mass is 9.84. The predicted octanol–water partition coefficient (Wildman–Crippen LogP) is 4.00. The van der Waals surface area contributed by atoms with Gasteiger partial charge in [0.05, 0.1) is 41.6 Å². The van der Waals surface area contributed by atoms with Crippen LogP contribution in [0.1, 0.15) is 11.1 Å². The van der Waals surface area contributed by atoms with Crippen molar-refractivity contribution in [3.63, 3.8) is 0 Å². The summed E-state index contributed by atoms with van der Waals surface area (Å²) in [5.74, 6) is 1.92. The highest BCUT2D eigenvalue weighted by molar-refractivity contribution is 5.56. The Morgan fingerprint density at radius 3 is 2.16 bits per heavy atom. The number of hydrogen-bond donors (Lipinski definition) is 1. The Labute approximate surface area is 225 Å². The van der Waals surface area contributed by atoms with Crippen molar-refractivity contribution in [2.24, 2.45) is 0 Å². The average Bonchev–Trinajstić information content (AvgIpc) is 2.99. The van der Waals surface area contributed by atoms with Gasteiger partial charge in [-0.15, -0.1) is 4.65 Å². The average molecular weight is 524 g/mol. The summed E-state index contributed by atoms with van der Waals surface area (Å²) in [4.78, 5) is 8.65. The van der Waals surface area contributed by atoms with Gasteiger partial charge in [-0.2, -0.15) is 4.84 Å². The van der Waals surface area contributed by atoms with Crippen LogP contribution >= 0.6 is 0 Å². The Balaban J connectivity index is 1.88. The van der Waals surface area contributed by atoms with Gasteiger partial charge in [-0.1, -0.05) is 48.5 Å². The number of nitrogens with zero attached hydrogens (tertiary/aromatic N) is 2. The molecule has 38 heavy (non-hydrogen) atoms. The molecule has 1 saturated heterocycles. The summed E-state index contributed by atoms with van der Waals surface area (Å²) in [6.07, 6.45) is 0.431. The summed E-state index contributed by atoms with van der Waals surface area (Å²) in [5, 5.41) is 11.3. The molecule has 3 aromatic rings. The Hall–Kier alpha value is -3.14. The number of rotatable bonds is 11. The molecule has 1 N–H and O–H groups in total. The first-order chi connectivity index (χ1) is 18.5. The van der Waals surface area contributed by atoms with Crippen molar-refractivity contribution in [3.05, 3.63) is 83.9 Å². The molecule has 8 heteroatoms. The number of piperazine rings is 1. The molecule has 0 radical (unpaired) electrons. The van der Waals surface area contributed by atoms with Gasteiger partial charge in [0, 0.05) is 19.7 Å². The fourth-order valence-corrected chi connectivity index (χ4v) is 5.65. The van der Waals surface area contributed by atoms with Crippen molar-refractivity contribution in [2.75, 3.05) is 61.8 Å².